The van der Waals surface area contributed by atoms with E-state index in [0.29, 0.717) is 6.04 Å². The summed E-state index contributed by atoms with van der Waals surface area (Å²) in [7, 11) is 0. The molecule has 2 aromatic rings. The number of rotatable bonds is 5. The maximum Gasteiger partial charge on any atom is 0.182 e. The van der Waals surface area contributed by atoms with Crippen molar-refractivity contribution in [1.29, 1.82) is 0 Å². The topological polar surface area (TPSA) is 28.2 Å². The number of para-hydroxylation sites is 1. The molecule has 0 spiro atoms. The van der Waals surface area contributed by atoms with Gasteiger partial charge in [0.1, 0.15) is 0 Å². The number of benzene rings is 1. The van der Waals surface area contributed by atoms with Crippen LogP contribution in [-0.4, -0.2) is 17.6 Å². The van der Waals surface area contributed by atoms with Gasteiger partial charge in [0.25, 0.3) is 0 Å². The number of hydrogen-bond acceptors (Lipinski definition) is 4. The second-order valence-corrected chi connectivity index (χ2v) is 6.48. The molecule has 0 fully saturated rings. The third kappa shape index (κ3) is 2.66. The Morgan fingerprint density at radius 3 is 3.10 bits per heavy atom. The van der Waals surface area contributed by atoms with Crippen molar-refractivity contribution in [2.24, 2.45) is 0 Å². The summed E-state index contributed by atoms with van der Waals surface area (Å²) >= 11 is 1.77. The van der Waals surface area contributed by atoms with E-state index < -0.39 is 0 Å². The molecule has 0 radical (unpaired) electrons. The molecular weight excluding hydrogens is 266 g/mol. The van der Waals surface area contributed by atoms with Crippen LogP contribution in [0.2, 0.25) is 0 Å². The predicted octanol–water partition coefficient (Wildman–Crippen LogP) is 3.92. The second kappa shape index (κ2) is 5.83. The molecule has 0 bridgehead atoms. The van der Waals surface area contributed by atoms with E-state index in [4.69, 9.17) is 0 Å². The van der Waals surface area contributed by atoms with E-state index in [0.717, 1.165) is 31.1 Å². The molecule has 0 saturated carbocycles. The van der Waals surface area contributed by atoms with Crippen LogP contribution < -0.4 is 10.2 Å². The van der Waals surface area contributed by atoms with Gasteiger partial charge in [0.15, 0.2) is 5.13 Å². The zero-order valence-corrected chi connectivity index (χ0v) is 12.9. The summed E-state index contributed by atoms with van der Waals surface area (Å²) in [4.78, 5) is 8.28. The average Bonchev–Trinajstić information content (AvgIpc) is 3.02. The van der Waals surface area contributed by atoms with E-state index >= 15 is 0 Å². The van der Waals surface area contributed by atoms with Gasteiger partial charge in [0.05, 0.1) is 6.54 Å². The lowest BCUT2D eigenvalue weighted by molar-refractivity contribution is 0.676. The van der Waals surface area contributed by atoms with Crippen LogP contribution in [-0.2, 0) is 13.0 Å². The van der Waals surface area contributed by atoms with Gasteiger partial charge >= 0.3 is 0 Å². The van der Waals surface area contributed by atoms with Crippen molar-refractivity contribution in [2.45, 2.75) is 39.3 Å². The van der Waals surface area contributed by atoms with Crippen LogP contribution in [0.1, 0.15) is 30.7 Å². The molecule has 2 heterocycles. The summed E-state index contributed by atoms with van der Waals surface area (Å²) in [5.74, 6) is 0. The SMILES string of the molecule is CCCNc1ncc(CN2c3ccccc3CC2C)s1. The molecule has 0 amide bonds. The third-order valence-corrected chi connectivity index (χ3v) is 4.69. The summed E-state index contributed by atoms with van der Waals surface area (Å²) in [6.45, 7) is 6.43. The summed E-state index contributed by atoms with van der Waals surface area (Å²) < 4.78 is 0. The van der Waals surface area contributed by atoms with E-state index in [2.05, 4.69) is 53.3 Å². The minimum Gasteiger partial charge on any atom is -0.363 e. The number of anilines is 2. The Balaban J connectivity index is 1.73. The van der Waals surface area contributed by atoms with E-state index in [-0.39, 0.29) is 0 Å². The van der Waals surface area contributed by atoms with Gasteiger partial charge in [-0.15, -0.1) is 11.3 Å². The zero-order chi connectivity index (χ0) is 13.9. The monoisotopic (exact) mass is 287 g/mol. The van der Waals surface area contributed by atoms with Gasteiger partial charge in [-0.2, -0.15) is 0 Å². The first-order valence-corrected chi connectivity index (χ1v) is 8.12. The van der Waals surface area contributed by atoms with Crippen LogP contribution in [0.15, 0.2) is 30.5 Å². The molecule has 1 unspecified atom stereocenters. The van der Waals surface area contributed by atoms with Gasteiger partial charge in [-0.25, -0.2) is 4.98 Å². The number of thiazole rings is 1. The molecule has 106 valence electrons. The quantitative estimate of drug-likeness (QED) is 0.903. The van der Waals surface area contributed by atoms with E-state index in [1.165, 1.54) is 16.1 Å². The Kier molecular flexibility index (Phi) is 3.92. The highest BCUT2D eigenvalue weighted by Crippen LogP contribution is 2.34. The van der Waals surface area contributed by atoms with E-state index in [9.17, 15) is 0 Å². The molecule has 3 rings (SSSR count). The highest BCUT2D eigenvalue weighted by atomic mass is 32.1. The number of fused-ring (bicyclic) bond motifs is 1. The largest absolute Gasteiger partial charge is 0.363 e. The summed E-state index contributed by atoms with van der Waals surface area (Å²) in [5, 5.41) is 4.40. The lowest BCUT2D eigenvalue weighted by atomic mass is 10.1. The predicted molar refractivity (Wildman–Crippen MR) is 86.7 cm³/mol. The first-order valence-electron chi connectivity index (χ1n) is 7.31. The zero-order valence-electron chi connectivity index (χ0n) is 12.1. The molecule has 0 saturated heterocycles. The molecule has 1 N–H and O–H groups in total. The van der Waals surface area contributed by atoms with Crippen LogP contribution in [0.25, 0.3) is 0 Å². The lowest BCUT2D eigenvalue weighted by Gasteiger charge is -2.23. The van der Waals surface area contributed by atoms with Crippen molar-refractivity contribution >= 4 is 22.2 Å². The van der Waals surface area contributed by atoms with E-state index in [1.807, 2.05) is 6.20 Å². The summed E-state index contributed by atoms with van der Waals surface area (Å²) in [6, 6.07) is 9.31. The highest BCUT2D eigenvalue weighted by molar-refractivity contribution is 7.15. The van der Waals surface area contributed by atoms with Crippen LogP contribution in [0, 0.1) is 0 Å². The van der Waals surface area contributed by atoms with Crippen LogP contribution >= 0.6 is 11.3 Å². The van der Waals surface area contributed by atoms with Crippen molar-refractivity contribution in [3.05, 3.63) is 40.9 Å². The fourth-order valence-corrected chi connectivity index (χ4v) is 3.57. The number of aromatic nitrogens is 1. The van der Waals surface area contributed by atoms with Gasteiger partial charge in [-0.3, -0.25) is 0 Å². The molecule has 1 atom stereocenters. The third-order valence-electron chi connectivity index (χ3n) is 3.75. The highest BCUT2D eigenvalue weighted by Gasteiger charge is 2.25. The van der Waals surface area contributed by atoms with Crippen LogP contribution in [0.4, 0.5) is 10.8 Å². The number of nitrogens with zero attached hydrogens (tertiary/aromatic N) is 2. The number of nitrogens with one attached hydrogen (secondary N) is 1. The first-order chi connectivity index (χ1) is 9.78. The van der Waals surface area contributed by atoms with Crippen molar-refractivity contribution in [3.63, 3.8) is 0 Å². The minimum absolute atomic E-state index is 0.571. The minimum atomic E-state index is 0.571. The van der Waals surface area contributed by atoms with Gasteiger partial charge in [-0.1, -0.05) is 25.1 Å². The fraction of sp³-hybridized carbons (Fsp3) is 0.438. The Hall–Kier alpha value is -1.55. The number of hydrogen-bond donors (Lipinski definition) is 1. The van der Waals surface area contributed by atoms with Crippen molar-refractivity contribution in [1.82, 2.24) is 4.98 Å². The van der Waals surface area contributed by atoms with E-state index in [1.54, 1.807) is 11.3 Å². The molecule has 1 aliphatic rings. The van der Waals surface area contributed by atoms with Crippen molar-refractivity contribution < 1.29 is 0 Å². The Morgan fingerprint density at radius 2 is 2.25 bits per heavy atom. The molecule has 4 heteroatoms. The molecule has 1 aliphatic heterocycles. The lowest BCUT2D eigenvalue weighted by Crippen LogP contribution is -2.28. The van der Waals surface area contributed by atoms with Crippen LogP contribution in [0.3, 0.4) is 0 Å². The van der Waals surface area contributed by atoms with Crippen molar-refractivity contribution in [2.75, 3.05) is 16.8 Å². The Labute approximate surface area is 124 Å². The summed E-state index contributed by atoms with van der Waals surface area (Å²) in [6.07, 6.45) is 4.29. The van der Waals surface area contributed by atoms with Gasteiger partial charge in [0, 0.05) is 29.3 Å². The molecular formula is C16H21N3S. The smallest absolute Gasteiger partial charge is 0.182 e. The van der Waals surface area contributed by atoms with Gasteiger partial charge < -0.3 is 10.2 Å². The molecule has 20 heavy (non-hydrogen) atoms. The second-order valence-electron chi connectivity index (χ2n) is 5.37. The maximum atomic E-state index is 4.46. The van der Waals surface area contributed by atoms with Gasteiger partial charge in [0.2, 0.25) is 0 Å². The maximum absolute atomic E-state index is 4.46. The molecule has 1 aromatic carbocycles. The first kappa shape index (κ1) is 13.4. The fourth-order valence-electron chi connectivity index (χ4n) is 2.73. The van der Waals surface area contributed by atoms with Gasteiger partial charge in [-0.05, 0) is 31.4 Å². The Morgan fingerprint density at radius 1 is 1.40 bits per heavy atom. The Bertz CT molecular complexity index is 579. The average molecular weight is 287 g/mol. The van der Waals surface area contributed by atoms with Crippen molar-refractivity contribution in [3.8, 4) is 0 Å². The molecule has 0 aliphatic carbocycles. The van der Waals surface area contributed by atoms with Crippen LogP contribution in [0.5, 0.6) is 0 Å². The molecule has 1 aromatic heterocycles. The summed E-state index contributed by atoms with van der Waals surface area (Å²) in [5.41, 5.74) is 2.85. The standard InChI is InChI=1S/C16H21N3S/c1-3-8-17-16-18-10-14(20-16)11-19-12(2)9-13-6-4-5-7-15(13)19/h4-7,10,12H,3,8-9,11H2,1-2H3,(H,17,18). The molecule has 3 nitrogen and oxygen atoms in total. The normalized spacial score (nSPS) is 17.3.